The van der Waals surface area contributed by atoms with Gasteiger partial charge in [-0.15, -0.1) is 0 Å². The smallest absolute Gasteiger partial charge is 0.253 e. The van der Waals surface area contributed by atoms with Crippen molar-refractivity contribution in [3.63, 3.8) is 0 Å². The van der Waals surface area contributed by atoms with Gasteiger partial charge in [0.05, 0.1) is 6.10 Å². The average molecular weight is 415 g/mol. The zero-order valence-corrected chi connectivity index (χ0v) is 18.9. The summed E-state index contributed by atoms with van der Waals surface area (Å²) in [7, 11) is 5.41. The van der Waals surface area contributed by atoms with Gasteiger partial charge in [0.25, 0.3) is 5.91 Å². The number of likely N-dealkylation sites (tertiary alicyclic amines) is 1. The van der Waals surface area contributed by atoms with Crippen LogP contribution in [0.5, 0.6) is 0 Å². The Morgan fingerprint density at radius 2 is 1.93 bits per heavy atom. The van der Waals surface area contributed by atoms with Gasteiger partial charge in [-0.25, -0.2) is 0 Å². The Morgan fingerprint density at radius 1 is 1.20 bits per heavy atom. The number of benzene rings is 1. The summed E-state index contributed by atoms with van der Waals surface area (Å²) < 4.78 is 6.20. The first-order valence-electron chi connectivity index (χ1n) is 11.4. The lowest BCUT2D eigenvalue weighted by Gasteiger charge is -2.34. The summed E-state index contributed by atoms with van der Waals surface area (Å²) in [6, 6.07) is 7.89. The van der Waals surface area contributed by atoms with Crippen LogP contribution in [0.3, 0.4) is 0 Å². The van der Waals surface area contributed by atoms with Crippen molar-refractivity contribution in [1.29, 1.82) is 0 Å². The van der Waals surface area contributed by atoms with Crippen LogP contribution in [0, 0.1) is 5.92 Å². The zero-order valence-electron chi connectivity index (χ0n) is 18.9. The van der Waals surface area contributed by atoms with Crippen molar-refractivity contribution in [2.45, 2.75) is 51.0 Å². The Bertz CT molecular complexity index is 705. The third kappa shape index (κ3) is 6.46. The second-order valence-corrected chi connectivity index (χ2v) is 8.79. The van der Waals surface area contributed by atoms with Crippen LogP contribution in [0.1, 0.15) is 54.4 Å². The van der Waals surface area contributed by atoms with Gasteiger partial charge in [-0.2, -0.15) is 0 Å². The zero-order chi connectivity index (χ0) is 21.3. The van der Waals surface area contributed by atoms with Gasteiger partial charge < -0.3 is 19.9 Å². The van der Waals surface area contributed by atoms with Gasteiger partial charge in [0, 0.05) is 52.9 Å². The van der Waals surface area contributed by atoms with Gasteiger partial charge in [-0.3, -0.25) is 9.79 Å². The largest absolute Gasteiger partial charge is 0.378 e. The average Bonchev–Trinajstić information content (AvgIpc) is 3.29. The van der Waals surface area contributed by atoms with Crippen LogP contribution in [-0.4, -0.2) is 75.2 Å². The molecule has 166 valence electrons. The van der Waals surface area contributed by atoms with E-state index in [0.717, 1.165) is 68.5 Å². The van der Waals surface area contributed by atoms with Crippen molar-refractivity contribution in [2.75, 3.05) is 47.4 Å². The standard InChI is InChI=1S/C24H38N4O2/c1-25-24(26-14-11-19-9-6-10-21(17-19)23(29)27(2)3)28-15-12-22(13-16-28)30-18-20-7-4-5-8-20/h6,9-10,17,20,22H,4-5,7-8,11-16,18H2,1-3H3,(H,25,26). The minimum Gasteiger partial charge on any atom is -0.378 e. The molecule has 6 nitrogen and oxygen atoms in total. The molecule has 1 N–H and O–H groups in total. The molecule has 1 saturated carbocycles. The molecule has 3 rings (SSSR count). The van der Waals surface area contributed by atoms with E-state index in [1.807, 2.05) is 25.2 Å². The van der Waals surface area contributed by atoms with E-state index in [4.69, 9.17) is 4.74 Å². The first-order valence-corrected chi connectivity index (χ1v) is 11.4. The Hall–Kier alpha value is -2.08. The molecule has 0 radical (unpaired) electrons. The number of amides is 1. The summed E-state index contributed by atoms with van der Waals surface area (Å²) in [5.41, 5.74) is 1.89. The third-order valence-electron chi connectivity index (χ3n) is 6.27. The van der Waals surface area contributed by atoms with Crippen molar-refractivity contribution in [2.24, 2.45) is 10.9 Å². The van der Waals surface area contributed by atoms with Crippen LogP contribution in [0.15, 0.2) is 29.3 Å². The summed E-state index contributed by atoms with van der Waals surface area (Å²) in [6.07, 6.45) is 8.86. The van der Waals surface area contributed by atoms with Crippen LogP contribution in [0.4, 0.5) is 0 Å². The molecule has 2 fully saturated rings. The number of hydrogen-bond donors (Lipinski definition) is 1. The number of rotatable bonds is 7. The maximum Gasteiger partial charge on any atom is 0.253 e. The van der Waals surface area contributed by atoms with Crippen molar-refractivity contribution < 1.29 is 9.53 Å². The lowest BCUT2D eigenvalue weighted by molar-refractivity contribution is 0.00103. The van der Waals surface area contributed by atoms with E-state index in [1.165, 1.54) is 25.7 Å². The fourth-order valence-electron chi connectivity index (χ4n) is 4.45. The third-order valence-corrected chi connectivity index (χ3v) is 6.27. The van der Waals surface area contributed by atoms with E-state index >= 15 is 0 Å². The Morgan fingerprint density at radius 3 is 2.60 bits per heavy atom. The number of piperidine rings is 1. The normalized spacial score (nSPS) is 18.6. The molecule has 2 aliphatic rings. The molecule has 1 heterocycles. The van der Waals surface area contributed by atoms with E-state index in [0.29, 0.717) is 6.10 Å². The van der Waals surface area contributed by atoms with Gasteiger partial charge >= 0.3 is 0 Å². The van der Waals surface area contributed by atoms with Gasteiger partial charge in [0.2, 0.25) is 0 Å². The number of carbonyl (C=O) groups is 1. The second-order valence-electron chi connectivity index (χ2n) is 8.79. The molecule has 0 atom stereocenters. The lowest BCUT2D eigenvalue weighted by Crippen LogP contribution is -2.47. The lowest BCUT2D eigenvalue weighted by atomic mass is 10.1. The van der Waals surface area contributed by atoms with Crippen molar-refractivity contribution in [3.8, 4) is 0 Å². The van der Waals surface area contributed by atoms with Crippen LogP contribution in [0.2, 0.25) is 0 Å². The predicted molar refractivity (Wildman–Crippen MR) is 122 cm³/mol. The van der Waals surface area contributed by atoms with Gasteiger partial charge in [-0.05, 0) is 55.7 Å². The molecule has 1 aromatic rings. The number of ether oxygens (including phenoxy) is 1. The van der Waals surface area contributed by atoms with Crippen LogP contribution in [-0.2, 0) is 11.2 Å². The minimum absolute atomic E-state index is 0.0404. The minimum atomic E-state index is 0.0404. The first kappa shape index (κ1) is 22.6. The highest BCUT2D eigenvalue weighted by Crippen LogP contribution is 2.26. The predicted octanol–water partition coefficient (Wildman–Crippen LogP) is 3.18. The van der Waals surface area contributed by atoms with Gasteiger partial charge in [-0.1, -0.05) is 25.0 Å². The first-order chi connectivity index (χ1) is 14.6. The maximum atomic E-state index is 12.2. The van der Waals surface area contributed by atoms with Crippen molar-refractivity contribution in [1.82, 2.24) is 15.1 Å². The van der Waals surface area contributed by atoms with E-state index in [9.17, 15) is 4.79 Å². The van der Waals surface area contributed by atoms with Crippen LogP contribution < -0.4 is 5.32 Å². The molecule has 0 aromatic heterocycles. The van der Waals surface area contributed by atoms with E-state index in [1.54, 1.807) is 19.0 Å². The molecule has 1 saturated heterocycles. The fourth-order valence-corrected chi connectivity index (χ4v) is 4.45. The molecule has 30 heavy (non-hydrogen) atoms. The molecule has 6 heteroatoms. The molecule has 0 unspecified atom stereocenters. The SMILES string of the molecule is CN=C(NCCc1cccc(C(=O)N(C)C)c1)N1CCC(OCC2CCCC2)CC1. The molecule has 1 aliphatic heterocycles. The Balaban J connectivity index is 1.40. The van der Waals surface area contributed by atoms with Crippen molar-refractivity contribution >= 4 is 11.9 Å². The molecular formula is C24H38N4O2. The fraction of sp³-hybridized carbons (Fsp3) is 0.667. The topological polar surface area (TPSA) is 57.2 Å². The number of aliphatic imine (C=N–C) groups is 1. The summed E-state index contributed by atoms with van der Waals surface area (Å²) in [5.74, 6) is 1.80. The highest BCUT2D eigenvalue weighted by atomic mass is 16.5. The summed E-state index contributed by atoms with van der Waals surface area (Å²) in [6.45, 7) is 3.72. The number of carbonyl (C=O) groups excluding carboxylic acids is 1. The number of guanidine groups is 1. The monoisotopic (exact) mass is 414 g/mol. The van der Waals surface area contributed by atoms with Gasteiger partial charge in [0.15, 0.2) is 5.96 Å². The van der Waals surface area contributed by atoms with E-state index in [-0.39, 0.29) is 5.91 Å². The van der Waals surface area contributed by atoms with E-state index in [2.05, 4.69) is 21.3 Å². The number of nitrogens with one attached hydrogen (secondary N) is 1. The van der Waals surface area contributed by atoms with Crippen LogP contribution >= 0.6 is 0 Å². The molecule has 0 spiro atoms. The molecule has 1 amide bonds. The molecule has 0 bridgehead atoms. The van der Waals surface area contributed by atoms with Gasteiger partial charge in [0.1, 0.15) is 0 Å². The molecule has 1 aromatic carbocycles. The Kier molecular flexibility index (Phi) is 8.55. The number of hydrogen-bond acceptors (Lipinski definition) is 3. The summed E-state index contributed by atoms with van der Waals surface area (Å²) in [5, 5.41) is 3.49. The molecular weight excluding hydrogens is 376 g/mol. The summed E-state index contributed by atoms with van der Waals surface area (Å²) in [4.78, 5) is 20.6. The summed E-state index contributed by atoms with van der Waals surface area (Å²) >= 11 is 0. The Labute approximate surface area is 181 Å². The maximum absolute atomic E-state index is 12.2. The highest BCUT2D eigenvalue weighted by Gasteiger charge is 2.23. The van der Waals surface area contributed by atoms with Crippen molar-refractivity contribution in [3.05, 3.63) is 35.4 Å². The molecule has 1 aliphatic carbocycles. The van der Waals surface area contributed by atoms with E-state index < -0.39 is 0 Å². The van der Waals surface area contributed by atoms with Crippen LogP contribution in [0.25, 0.3) is 0 Å². The quantitative estimate of drug-likeness (QED) is 0.550. The number of nitrogens with zero attached hydrogens (tertiary/aromatic N) is 3. The second kappa shape index (κ2) is 11.3. The highest BCUT2D eigenvalue weighted by molar-refractivity contribution is 5.94.